The second kappa shape index (κ2) is 12.2. The average Bonchev–Trinajstić information content (AvgIpc) is 3.24. The number of benzene rings is 1. The molecular weight excluding hydrogens is 520 g/mol. The van der Waals surface area contributed by atoms with Crippen LogP contribution >= 0.6 is 11.6 Å². The molecule has 1 aromatic carbocycles. The van der Waals surface area contributed by atoms with Gasteiger partial charge in [-0.2, -0.15) is 0 Å². The van der Waals surface area contributed by atoms with Gasteiger partial charge < -0.3 is 19.1 Å². The SMILES string of the molecule is CCCCCOc1cc(N2CCCN(Cc3ccnc4c3c(Cl)cn4C(=O)OC(C)(C)C)C2=O)ccc1OC. The molecule has 1 saturated heterocycles. The van der Waals surface area contributed by atoms with Crippen molar-refractivity contribution in [3.63, 3.8) is 0 Å². The molecular formula is C29H37ClN4O5. The van der Waals surface area contributed by atoms with E-state index in [-0.39, 0.29) is 6.03 Å². The maximum Gasteiger partial charge on any atom is 0.420 e. The number of amides is 2. The first-order valence-electron chi connectivity index (χ1n) is 13.4. The second-order valence-electron chi connectivity index (χ2n) is 10.6. The molecule has 39 heavy (non-hydrogen) atoms. The maximum atomic E-state index is 13.6. The number of unbranched alkanes of at least 4 members (excludes halogenated alkanes) is 2. The molecule has 0 aliphatic carbocycles. The molecule has 0 N–H and O–H groups in total. The molecule has 0 unspecified atom stereocenters. The molecule has 1 fully saturated rings. The van der Waals surface area contributed by atoms with E-state index in [1.54, 1.807) is 43.9 Å². The van der Waals surface area contributed by atoms with Gasteiger partial charge in [0.2, 0.25) is 0 Å². The van der Waals surface area contributed by atoms with Gasteiger partial charge >= 0.3 is 12.1 Å². The minimum absolute atomic E-state index is 0.115. The van der Waals surface area contributed by atoms with Crippen LogP contribution in [0.1, 0.15) is 58.9 Å². The number of carbonyl (C=O) groups excluding carboxylic acids is 2. The zero-order valence-electron chi connectivity index (χ0n) is 23.3. The summed E-state index contributed by atoms with van der Waals surface area (Å²) in [5, 5.41) is 1.00. The standard InChI is InChI=1S/C29H37ClN4O5/c1-6-7-8-16-38-24-17-21(10-11-23(24)37-5)33-15-9-14-32(27(33)35)18-20-12-13-31-26-25(20)22(30)19-34(26)28(36)39-29(2,3)4/h10-13,17,19H,6-9,14-16,18H2,1-5H3. The summed E-state index contributed by atoms with van der Waals surface area (Å²) in [5.74, 6) is 1.27. The zero-order chi connectivity index (χ0) is 28.2. The van der Waals surface area contributed by atoms with Gasteiger partial charge in [-0.15, -0.1) is 0 Å². The van der Waals surface area contributed by atoms with E-state index in [0.717, 1.165) is 36.9 Å². The second-order valence-corrected chi connectivity index (χ2v) is 11.0. The van der Waals surface area contributed by atoms with Crippen LogP contribution in [0.2, 0.25) is 5.02 Å². The highest BCUT2D eigenvalue weighted by molar-refractivity contribution is 6.36. The molecule has 1 aliphatic heterocycles. The van der Waals surface area contributed by atoms with Gasteiger partial charge in [-0.3, -0.25) is 4.90 Å². The predicted molar refractivity (Wildman–Crippen MR) is 152 cm³/mol. The van der Waals surface area contributed by atoms with Crippen molar-refractivity contribution < 1.29 is 23.8 Å². The number of ether oxygens (including phenoxy) is 3. The Morgan fingerprint density at radius 1 is 1.13 bits per heavy atom. The number of nitrogens with zero attached hydrogens (tertiary/aromatic N) is 4. The van der Waals surface area contributed by atoms with E-state index in [1.807, 2.05) is 24.3 Å². The van der Waals surface area contributed by atoms with Gasteiger partial charge in [0, 0.05) is 49.2 Å². The Balaban J connectivity index is 1.56. The first kappa shape index (κ1) is 28.5. The summed E-state index contributed by atoms with van der Waals surface area (Å²) in [6, 6.07) is 7.30. The lowest BCUT2D eigenvalue weighted by molar-refractivity contribution is 0.0543. The predicted octanol–water partition coefficient (Wildman–Crippen LogP) is 6.88. The van der Waals surface area contributed by atoms with E-state index in [1.165, 1.54) is 10.8 Å². The van der Waals surface area contributed by atoms with Crippen molar-refractivity contribution in [1.29, 1.82) is 0 Å². The van der Waals surface area contributed by atoms with Crippen molar-refractivity contribution in [3.8, 4) is 11.5 Å². The van der Waals surface area contributed by atoms with Gasteiger partial charge in [-0.25, -0.2) is 19.1 Å². The molecule has 0 bridgehead atoms. The van der Waals surface area contributed by atoms with Crippen LogP contribution in [0.4, 0.5) is 15.3 Å². The summed E-state index contributed by atoms with van der Waals surface area (Å²) in [4.78, 5) is 34.3. The summed E-state index contributed by atoms with van der Waals surface area (Å²) in [5.41, 5.74) is 1.29. The van der Waals surface area contributed by atoms with Crippen LogP contribution in [0.3, 0.4) is 0 Å². The molecule has 0 spiro atoms. The normalized spacial score (nSPS) is 14.2. The molecule has 3 heterocycles. The number of rotatable bonds is 9. The lowest BCUT2D eigenvalue weighted by Crippen LogP contribution is -2.49. The summed E-state index contributed by atoms with van der Waals surface area (Å²) in [7, 11) is 1.61. The Kier molecular flexibility index (Phi) is 8.90. The van der Waals surface area contributed by atoms with Crippen molar-refractivity contribution in [2.24, 2.45) is 0 Å². The molecule has 9 nitrogen and oxygen atoms in total. The third-order valence-electron chi connectivity index (χ3n) is 6.45. The highest BCUT2D eigenvalue weighted by Crippen LogP contribution is 2.34. The Labute approximate surface area is 234 Å². The summed E-state index contributed by atoms with van der Waals surface area (Å²) in [6.45, 7) is 9.66. The largest absolute Gasteiger partial charge is 0.493 e. The third-order valence-corrected chi connectivity index (χ3v) is 6.74. The van der Waals surface area contributed by atoms with E-state index in [4.69, 9.17) is 25.8 Å². The van der Waals surface area contributed by atoms with Gasteiger partial charge in [0.05, 0.1) is 18.7 Å². The van der Waals surface area contributed by atoms with Gasteiger partial charge in [-0.05, 0) is 57.4 Å². The topological polar surface area (TPSA) is 86.1 Å². The molecule has 0 radical (unpaired) electrons. The molecule has 2 aromatic heterocycles. The minimum atomic E-state index is -0.663. The van der Waals surface area contributed by atoms with Crippen LogP contribution in [0.5, 0.6) is 11.5 Å². The van der Waals surface area contributed by atoms with Crippen LogP contribution in [0, 0.1) is 0 Å². The van der Waals surface area contributed by atoms with E-state index >= 15 is 0 Å². The van der Waals surface area contributed by atoms with Gasteiger partial charge in [0.1, 0.15) is 5.60 Å². The number of anilines is 1. The monoisotopic (exact) mass is 556 g/mol. The highest BCUT2D eigenvalue weighted by atomic mass is 35.5. The van der Waals surface area contributed by atoms with Crippen LogP contribution in [-0.4, -0.2) is 59.0 Å². The zero-order valence-corrected chi connectivity index (χ0v) is 24.1. The number of carbonyl (C=O) groups is 2. The van der Waals surface area contributed by atoms with Crippen molar-refractivity contribution in [3.05, 3.63) is 47.2 Å². The van der Waals surface area contributed by atoms with Crippen LogP contribution in [0.15, 0.2) is 36.7 Å². The van der Waals surface area contributed by atoms with E-state index in [2.05, 4.69) is 11.9 Å². The fraction of sp³-hybridized carbons (Fsp3) is 0.483. The Bertz CT molecular complexity index is 1330. The van der Waals surface area contributed by atoms with Crippen molar-refractivity contribution in [2.75, 3.05) is 31.7 Å². The molecule has 2 amide bonds. The van der Waals surface area contributed by atoms with Gasteiger partial charge in [0.25, 0.3) is 0 Å². The fourth-order valence-corrected chi connectivity index (χ4v) is 4.91. The van der Waals surface area contributed by atoms with Crippen LogP contribution in [-0.2, 0) is 11.3 Å². The number of methoxy groups -OCH3 is 1. The van der Waals surface area contributed by atoms with Crippen LogP contribution < -0.4 is 14.4 Å². The van der Waals surface area contributed by atoms with Crippen molar-refractivity contribution >= 4 is 40.4 Å². The Morgan fingerprint density at radius 2 is 1.92 bits per heavy atom. The average molecular weight is 557 g/mol. The summed E-state index contributed by atoms with van der Waals surface area (Å²) >= 11 is 6.58. The summed E-state index contributed by atoms with van der Waals surface area (Å²) in [6.07, 6.45) is 6.53. The van der Waals surface area contributed by atoms with Gasteiger partial charge in [0.15, 0.2) is 17.1 Å². The molecule has 1 aliphatic rings. The smallest absolute Gasteiger partial charge is 0.420 e. The number of halogens is 1. The van der Waals surface area contributed by atoms with E-state index in [9.17, 15) is 9.59 Å². The van der Waals surface area contributed by atoms with E-state index in [0.29, 0.717) is 53.8 Å². The molecule has 0 saturated carbocycles. The number of fused-ring (bicyclic) bond motifs is 1. The Morgan fingerprint density at radius 3 is 2.64 bits per heavy atom. The quantitative estimate of drug-likeness (QED) is 0.267. The molecule has 10 heteroatoms. The molecule has 3 aromatic rings. The minimum Gasteiger partial charge on any atom is -0.493 e. The first-order chi connectivity index (χ1) is 18.6. The number of urea groups is 1. The van der Waals surface area contributed by atoms with Crippen molar-refractivity contribution in [1.82, 2.24) is 14.5 Å². The lowest BCUT2D eigenvalue weighted by Gasteiger charge is -2.36. The molecule has 210 valence electrons. The lowest BCUT2D eigenvalue weighted by atomic mass is 10.1. The molecule has 0 atom stereocenters. The number of aromatic nitrogens is 2. The fourth-order valence-electron chi connectivity index (χ4n) is 4.61. The van der Waals surface area contributed by atoms with Crippen LogP contribution in [0.25, 0.3) is 11.0 Å². The van der Waals surface area contributed by atoms with Gasteiger partial charge in [-0.1, -0.05) is 31.4 Å². The number of hydrogen-bond donors (Lipinski definition) is 0. The maximum absolute atomic E-state index is 13.6. The van der Waals surface area contributed by atoms with Crippen molar-refractivity contribution in [2.45, 2.75) is 65.5 Å². The Hall–Kier alpha value is -3.46. The number of pyridine rings is 1. The molecule has 4 rings (SSSR count). The first-order valence-corrected chi connectivity index (χ1v) is 13.8. The van der Waals surface area contributed by atoms with E-state index < -0.39 is 11.7 Å². The number of hydrogen-bond acceptors (Lipinski definition) is 6. The third kappa shape index (κ3) is 6.58. The highest BCUT2D eigenvalue weighted by Gasteiger charge is 2.29. The summed E-state index contributed by atoms with van der Waals surface area (Å²) < 4.78 is 18.3.